The number of carbonyl (C=O) groups excluding carboxylic acids is 6. The van der Waals surface area contributed by atoms with Crippen LogP contribution < -0.4 is 10.6 Å². The molecule has 2 aromatic rings. The molecule has 0 aromatic heterocycles. The summed E-state index contributed by atoms with van der Waals surface area (Å²) in [5, 5.41) is 5.16. The van der Waals surface area contributed by atoms with Crippen LogP contribution in [0.3, 0.4) is 0 Å². The van der Waals surface area contributed by atoms with Gasteiger partial charge in [0.05, 0.1) is 13.1 Å². The Morgan fingerprint density at radius 1 is 0.925 bits per heavy atom. The Labute approximate surface area is 308 Å². The monoisotopic (exact) mass is 737 g/mol. The number of rotatable bonds is 11. The van der Waals surface area contributed by atoms with Gasteiger partial charge in [-0.1, -0.05) is 18.2 Å². The van der Waals surface area contributed by atoms with Crippen LogP contribution in [0.4, 0.5) is 19.7 Å². The molecule has 286 valence electrons. The van der Waals surface area contributed by atoms with Gasteiger partial charge in [-0.25, -0.2) is 18.9 Å². The van der Waals surface area contributed by atoms with Gasteiger partial charge in [0.2, 0.25) is 11.5 Å². The molecule has 2 aliphatic carbocycles. The number of esters is 2. The van der Waals surface area contributed by atoms with Gasteiger partial charge < -0.3 is 29.7 Å². The van der Waals surface area contributed by atoms with Crippen LogP contribution in [0.1, 0.15) is 77.5 Å². The number of halogens is 1. The molecule has 0 bridgehead atoms. The highest BCUT2D eigenvalue weighted by molar-refractivity contribution is 6.06. The summed E-state index contributed by atoms with van der Waals surface area (Å²) in [5.74, 6) is -2.67. The van der Waals surface area contributed by atoms with Gasteiger partial charge in [0, 0.05) is 43.3 Å². The van der Waals surface area contributed by atoms with E-state index in [0.29, 0.717) is 36.1 Å². The second-order valence-corrected chi connectivity index (χ2v) is 15.7. The number of ether oxygens (including phenoxy) is 3. The number of amides is 5. The van der Waals surface area contributed by atoms with Gasteiger partial charge >= 0.3 is 24.1 Å². The first-order valence-corrected chi connectivity index (χ1v) is 17.7. The average molecular weight is 738 g/mol. The fourth-order valence-corrected chi connectivity index (χ4v) is 6.86. The molecular formula is C38H48FN5O9. The van der Waals surface area contributed by atoms with E-state index in [1.54, 1.807) is 76.8 Å². The van der Waals surface area contributed by atoms with Crippen molar-refractivity contribution in [2.75, 3.05) is 32.0 Å². The lowest BCUT2D eigenvalue weighted by molar-refractivity contribution is -0.163. The van der Waals surface area contributed by atoms with E-state index in [1.807, 2.05) is 0 Å². The van der Waals surface area contributed by atoms with Gasteiger partial charge in [-0.05, 0) is 96.2 Å². The molecule has 15 heteroatoms. The van der Waals surface area contributed by atoms with Gasteiger partial charge in [0.25, 0.3) is 5.91 Å². The van der Waals surface area contributed by atoms with Crippen molar-refractivity contribution in [2.24, 2.45) is 0 Å². The number of imide groups is 1. The fourth-order valence-electron chi connectivity index (χ4n) is 6.86. The fraction of sp³-hybridized carbons (Fsp3) is 0.526. The molecule has 14 nitrogen and oxygen atoms in total. The van der Waals surface area contributed by atoms with Crippen molar-refractivity contribution in [3.8, 4) is 0 Å². The van der Waals surface area contributed by atoms with Crippen LogP contribution in [0.2, 0.25) is 0 Å². The molecule has 1 aliphatic heterocycles. The second-order valence-electron chi connectivity index (χ2n) is 15.7. The van der Waals surface area contributed by atoms with Gasteiger partial charge in [-0.15, -0.1) is 0 Å². The van der Waals surface area contributed by atoms with E-state index in [1.165, 1.54) is 24.1 Å². The molecule has 1 spiro atoms. The summed E-state index contributed by atoms with van der Waals surface area (Å²) in [4.78, 5) is 82.9. The lowest BCUT2D eigenvalue weighted by Crippen LogP contribution is -2.58. The Hall–Kier alpha value is -5.05. The first kappa shape index (κ1) is 39.2. The summed E-state index contributed by atoms with van der Waals surface area (Å²) in [6.45, 7) is 9.60. The average Bonchev–Trinajstić information content (AvgIpc) is 3.50. The molecule has 1 saturated heterocycles. The van der Waals surface area contributed by atoms with E-state index in [4.69, 9.17) is 14.2 Å². The smallest absolute Gasteiger partial charge is 0.418 e. The Morgan fingerprint density at radius 3 is 2.09 bits per heavy atom. The highest BCUT2D eigenvalue weighted by Crippen LogP contribution is 2.46. The zero-order valence-corrected chi connectivity index (χ0v) is 31.2. The van der Waals surface area contributed by atoms with Crippen molar-refractivity contribution in [3.63, 3.8) is 0 Å². The Bertz CT molecular complexity index is 1730. The second kappa shape index (κ2) is 15.1. The Morgan fingerprint density at radius 2 is 1.53 bits per heavy atom. The van der Waals surface area contributed by atoms with Gasteiger partial charge in [-0.3, -0.25) is 24.1 Å². The Balaban J connectivity index is 1.33. The first-order chi connectivity index (χ1) is 24.8. The SMILES string of the molecule is CNC(=O)Nc1ccc2c(c1)CC[C@@]21OC(=O)N(CC(=O)N(Cc2ccc(F)cc2)C2CC(N(CC(=O)OC(C)(C)C)CC(=O)OC(C)(C)C)C2)C1=O. The molecule has 1 atom stereocenters. The van der Waals surface area contributed by atoms with Crippen LogP contribution in [0, 0.1) is 5.82 Å². The van der Waals surface area contributed by atoms with Gasteiger partial charge in [0.1, 0.15) is 23.6 Å². The number of fused-ring (bicyclic) bond motifs is 2. The number of hydrogen-bond donors (Lipinski definition) is 2. The van der Waals surface area contributed by atoms with Crippen LogP contribution in [0.15, 0.2) is 42.5 Å². The zero-order chi connectivity index (χ0) is 38.9. The molecule has 2 fully saturated rings. The predicted molar refractivity (Wildman–Crippen MR) is 190 cm³/mol. The normalized spacial score (nSPS) is 20.8. The third kappa shape index (κ3) is 9.31. The van der Waals surface area contributed by atoms with E-state index in [-0.39, 0.29) is 32.1 Å². The van der Waals surface area contributed by atoms with Gasteiger partial charge in [-0.2, -0.15) is 0 Å². The van der Waals surface area contributed by atoms with E-state index in [0.717, 1.165) is 10.5 Å². The number of benzene rings is 2. The minimum atomic E-state index is -1.59. The van der Waals surface area contributed by atoms with E-state index < -0.39 is 71.1 Å². The number of urea groups is 1. The van der Waals surface area contributed by atoms with Crippen LogP contribution in [-0.4, -0.2) is 101 Å². The predicted octanol–water partition coefficient (Wildman–Crippen LogP) is 4.24. The maximum absolute atomic E-state index is 14.1. The van der Waals surface area contributed by atoms with Crippen molar-refractivity contribution in [1.29, 1.82) is 0 Å². The van der Waals surface area contributed by atoms with Crippen molar-refractivity contribution < 1.29 is 47.4 Å². The molecule has 5 amide bonds. The summed E-state index contributed by atoms with van der Waals surface area (Å²) in [7, 11) is 1.49. The third-order valence-electron chi connectivity index (χ3n) is 9.27. The molecule has 0 radical (unpaired) electrons. The van der Waals surface area contributed by atoms with Crippen LogP contribution in [-0.2, 0) is 52.0 Å². The minimum absolute atomic E-state index is 0.0563. The van der Waals surface area contributed by atoms with E-state index in [2.05, 4.69) is 10.6 Å². The molecule has 0 unspecified atom stereocenters. The summed E-state index contributed by atoms with van der Waals surface area (Å²) in [6.07, 6.45) is 0.359. The quantitative estimate of drug-likeness (QED) is 0.252. The minimum Gasteiger partial charge on any atom is -0.459 e. The number of nitrogens with zero attached hydrogens (tertiary/aromatic N) is 3. The summed E-state index contributed by atoms with van der Waals surface area (Å²) in [6, 6.07) is 9.52. The Kier molecular flexibility index (Phi) is 11.2. The topological polar surface area (TPSA) is 164 Å². The van der Waals surface area contributed by atoms with Crippen molar-refractivity contribution in [1.82, 2.24) is 20.0 Å². The van der Waals surface area contributed by atoms with Crippen molar-refractivity contribution in [2.45, 2.75) is 103 Å². The highest BCUT2D eigenvalue weighted by Gasteiger charge is 2.58. The molecule has 5 rings (SSSR count). The van der Waals surface area contributed by atoms with Gasteiger partial charge in [0.15, 0.2) is 0 Å². The number of aryl methyl sites for hydroxylation is 1. The van der Waals surface area contributed by atoms with Crippen LogP contribution in [0.5, 0.6) is 0 Å². The molecule has 2 N–H and O–H groups in total. The zero-order valence-electron chi connectivity index (χ0n) is 31.2. The summed E-state index contributed by atoms with van der Waals surface area (Å²) < 4.78 is 30.6. The van der Waals surface area contributed by atoms with E-state index in [9.17, 15) is 33.2 Å². The number of hydrogen-bond acceptors (Lipinski definition) is 10. The third-order valence-corrected chi connectivity index (χ3v) is 9.27. The molecule has 1 saturated carbocycles. The molecule has 2 aromatic carbocycles. The van der Waals surface area contributed by atoms with Crippen molar-refractivity contribution >= 4 is 41.6 Å². The number of carbonyl (C=O) groups is 6. The standard InChI is InChI=1S/C38H48FN5O9/c1-36(2,3)51-31(46)21-42(22-32(47)52-37(4,5)6)27-17-28(18-27)43(19-23-8-10-25(39)11-9-23)30(45)20-44-33(48)38(53-35(44)50)15-14-24-16-26(12-13-29(24)38)41-34(49)40-7/h8-13,16,27-28H,14-15,17-22H2,1-7H3,(H2,40,41,49)/t27?,28?,38-/m1/s1. The van der Waals surface area contributed by atoms with Crippen LogP contribution in [0.25, 0.3) is 0 Å². The van der Waals surface area contributed by atoms with E-state index >= 15 is 0 Å². The largest absolute Gasteiger partial charge is 0.459 e. The van der Waals surface area contributed by atoms with Crippen LogP contribution >= 0.6 is 0 Å². The maximum atomic E-state index is 14.1. The molecule has 53 heavy (non-hydrogen) atoms. The van der Waals surface area contributed by atoms with Crippen molar-refractivity contribution in [3.05, 3.63) is 65.0 Å². The lowest BCUT2D eigenvalue weighted by atomic mass is 9.83. The molecular weight excluding hydrogens is 689 g/mol. The first-order valence-electron chi connectivity index (χ1n) is 17.7. The summed E-state index contributed by atoms with van der Waals surface area (Å²) >= 11 is 0. The maximum Gasteiger partial charge on any atom is 0.418 e. The molecule has 3 aliphatic rings. The number of nitrogens with one attached hydrogen (secondary N) is 2. The molecule has 1 heterocycles. The highest BCUT2D eigenvalue weighted by atomic mass is 19.1. The lowest BCUT2D eigenvalue weighted by Gasteiger charge is -2.47. The summed E-state index contributed by atoms with van der Waals surface area (Å²) in [5.41, 5.74) is -0.714. The number of anilines is 1.